The third kappa shape index (κ3) is 11.0. The first-order valence-electron chi connectivity index (χ1n) is 7.70. The predicted molar refractivity (Wildman–Crippen MR) is 92.5 cm³/mol. The highest BCUT2D eigenvalue weighted by molar-refractivity contribution is 9.09. The monoisotopic (exact) mass is 393 g/mol. The molecular formula is C15H28BrN3O4. The molecule has 3 amide bonds. The molecule has 0 fully saturated rings. The molecule has 0 spiro atoms. The molecule has 0 rings (SSSR count). The Morgan fingerprint density at radius 1 is 1.00 bits per heavy atom. The standard InChI is InChI=1S/C15H28BrN3O4/c1-10(12(20)17-9-7-6-8-16)18-13(21)11(2)19-14(22)23-15(3,4)5/h10-11H,6-9H2,1-5H3,(H,17,20)(H,18,21)(H,19,22)/t10-,11-/m0/s1. The van der Waals surface area contributed by atoms with Crippen molar-refractivity contribution in [2.24, 2.45) is 0 Å². The molecule has 0 bridgehead atoms. The van der Waals surface area contributed by atoms with Crippen molar-refractivity contribution in [1.82, 2.24) is 16.0 Å². The highest BCUT2D eigenvalue weighted by Crippen LogP contribution is 2.06. The van der Waals surface area contributed by atoms with Crippen LogP contribution in [0.4, 0.5) is 4.79 Å². The van der Waals surface area contributed by atoms with Crippen molar-refractivity contribution in [3.05, 3.63) is 0 Å². The molecule has 3 N–H and O–H groups in total. The van der Waals surface area contributed by atoms with E-state index in [0.29, 0.717) is 6.54 Å². The Morgan fingerprint density at radius 2 is 1.57 bits per heavy atom. The van der Waals surface area contributed by atoms with Gasteiger partial charge < -0.3 is 20.7 Å². The molecule has 0 aromatic carbocycles. The number of hydrogen-bond acceptors (Lipinski definition) is 4. The summed E-state index contributed by atoms with van der Waals surface area (Å²) in [5.41, 5.74) is -0.636. The molecule has 0 saturated heterocycles. The average molecular weight is 394 g/mol. The Bertz CT molecular complexity index is 410. The summed E-state index contributed by atoms with van der Waals surface area (Å²) in [6.45, 7) is 8.89. The number of nitrogens with one attached hydrogen (secondary N) is 3. The van der Waals surface area contributed by atoms with Crippen molar-refractivity contribution in [2.75, 3.05) is 11.9 Å². The summed E-state index contributed by atoms with van der Waals surface area (Å²) in [4.78, 5) is 35.4. The molecule has 0 saturated carbocycles. The predicted octanol–water partition coefficient (Wildman–Crippen LogP) is 1.70. The summed E-state index contributed by atoms with van der Waals surface area (Å²) in [6, 6.07) is -1.47. The Kier molecular flexibility index (Phi) is 9.87. The molecule has 0 aliphatic rings. The summed E-state index contributed by atoms with van der Waals surface area (Å²) in [6.07, 6.45) is 1.17. The number of alkyl halides is 1. The fraction of sp³-hybridized carbons (Fsp3) is 0.800. The third-order valence-corrected chi connectivity index (χ3v) is 3.30. The number of hydrogen-bond donors (Lipinski definition) is 3. The molecule has 8 heteroatoms. The van der Waals surface area contributed by atoms with Crippen LogP contribution in [0.1, 0.15) is 47.5 Å². The largest absolute Gasteiger partial charge is 0.444 e. The number of alkyl carbamates (subject to hydrolysis) is 1. The van der Waals surface area contributed by atoms with Crippen LogP contribution in [-0.4, -0.2) is 47.5 Å². The van der Waals surface area contributed by atoms with Gasteiger partial charge in [-0.3, -0.25) is 9.59 Å². The van der Waals surface area contributed by atoms with Gasteiger partial charge in [-0.15, -0.1) is 0 Å². The highest BCUT2D eigenvalue weighted by atomic mass is 79.9. The fourth-order valence-electron chi connectivity index (χ4n) is 1.54. The van der Waals surface area contributed by atoms with Gasteiger partial charge in [-0.25, -0.2) is 4.79 Å². The van der Waals surface area contributed by atoms with Gasteiger partial charge in [0.25, 0.3) is 0 Å². The Morgan fingerprint density at radius 3 is 2.09 bits per heavy atom. The smallest absolute Gasteiger partial charge is 0.408 e. The SMILES string of the molecule is C[C@H](NC(=O)OC(C)(C)C)C(=O)N[C@@H](C)C(=O)NCCCCBr. The topological polar surface area (TPSA) is 96.5 Å². The lowest BCUT2D eigenvalue weighted by atomic mass is 10.2. The lowest BCUT2D eigenvalue weighted by molar-refractivity contribution is -0.129. The molecule has 0 unspecified atom stereocenters. The van der Waals surface area contributed by atoms with E-state index in [1.54, 1.807) is 27.7 Å². The van der Waals surface area contributed by atoms with Gasteiger partial charge in [0, 0.05) is 11.9 Å². The van der Waals surface area contributed by atoms with E-state index in [1.807, 2.05) is 0 Å². The van der Waals surface area contributed by atoms with Crippen molar-refractivity contribution in [1.29, 1.82) is 0 Å². The van der Waals surface area contributed by atoms with Crippen molar-refractivity contribution < 1.29 is 19.1 Å². The van der Waals surface area contributed by atoms with Gasteiger partial charge in [0.1, 0.15) is 17.7 Å². The number of carbonyl (C=O) groups excluding carboxylic acids is 3. The maximum absolute atomic E-state index is 12.0. The van der Waals surface area contributed by atoms with Crippen LogP contribution in [-0.2, 0) is 14.3 Å². The average Bonchev–Trinajstić information content (AvgIpc) is 2.40. The number of carbonyl (C=O) groups is 3. The second-order valence-electron chi connectivity index (χ2n) is 6.29. The zero-order chi connectivity index (χ0) is 18.0. The number of rotatable bonds is 8. The zero-order valence-electron chi connectivity index (χ0n) is 14.5. The van der Waals surface area contributed by atoms with Gasteiger partial charge >= 0.3 is 6.09 Å². The van der Waals surface area contributed by atoms with E-state index in [2.05, 4.69) is 31.9 Å². The molecule has 23 heavy (non-hydrogen) atoms. The van der Waals surface area contributed by atoms with Gasteiger partial charge in [-0.1, -0.05) is 15.9 Å². The Balaban J connectivity index is 4.19. The van der Waals surface area contributed by atoms with E-state index in [9.17, 15) is 14.4 Å². The summed E-state index contributed by atoms with van der Waals surface area (Å²) in [5, 5.41) is 8.63. The lowest BCUT2D eigenvalue weighted by Gasteiger charge is -2.22. The van der Waals surface area contributed by atoms with E-state index >= 15 is 0 Å². The van der Waals surface area contributed by atoms with E-state index in [4.69, 9.17) is 4.74 Å². The second-order valence-corrected chi connectivity index (χ2v) is 7.08. The quantitative estimate of drug-likeness (QED) is 0.431. The molecule has 134 valence electrons. The van der Waals surface area contributed by atoms with Crippen molar-refractivity contribution in [3.63, 3.8) is 0 Å². The van der Waals surface area contributed by atoms with Crippen LogP contribution in [0.3, 0.4) is 0 Å². The molecule has 0 heterocycles. The van der Waals surface area contributed by atoms with Crippen molar-refractivity contribution >= 4 is 33.8 Å². The van der Waals surface area contributed by atoms with Gasteiger partial charge in [0.2, 0.25) is 11.8 Å². The number of halogens is 1. The normalized spacial score (nSPS) is 13.7. The fourth-order valence-corrected chi connectivity index (χ4v) is 1.93. The molecule has 0 aliphatic heterocycles. The molecule has 0 radical (unpaired) electrons. The van der Waals surface area contributed by atoms with Crippen LogP contribution in [0, 0.1) is 0 Å². The zero-order valence-corrected chi connectivity index (χ0v) is 16.1. The van der Waals surface area contributed by atoms with Gasteiger partial charge in [-0.2, -0.15) is 0 Å². The third-order valence-electron chi connectivity index (χ3n) is 2.74. The van der Waals surface area contributed by atoms with Crippen LogP contribution < -0.4 is 16.0 Å². The summed E-state index contributed by atoms with van der Waals surface area (Å²) in [5.74, 6) is -0.698. The maximum atomic E-state index is 12.0. The number of amides is 3. The van der Waals surface area contributed by atoms with E-state index in [1.165, 1.54) is 6.92 Å². The minimum absolute atomic E-state index is 0.252. The summed E-state index contributed by atoms with van der Waals surface area (Å²) < 4.78 is 5.07. The first-order valence-corrected chi connectivity index (χ1v) is 8.82. The molecule has 2 atom stereocenters. The van der Waals surface area contributed by atoms with E-state index in [0.717, 1.165) is 18.2 Å². The van der Waals surface area contributed by atoms with Crippen LogP contribution in [0.5, 0.6) is 0 Å². The number of unbranched alkanes of at least 4 members (excludes halogenated alkanes) is 1. The molecule has 0 aliphatic carbocycles. The van der Waals surface area contributed by atoms with Crippen LogP contribution in [0.2, 0.25) is 0 Å². The van der Waals surface area contributed by atoms with Crippen LogP contribution >= 0.6 is 15.9 Å². The molecular weight excluding hydrogens is 366 g/mol. The van der Waals surface area contributed by atoms with Crippen molar-refractivity contribution in [3.8, 4) is 0 Å². The minimum Gasteiger partial charge on any atom is -0.444 e. The lowest BCUT2D eigenvalue weighted by Crippen LogP contribution is -2.52. The first-order chi connectivity index (χ1) is 10.6. The minimum atomic E-state index is -0.798. The van der Waals surface area contributed by atoms with Crippen LogP contribution in [0.25, 0.3) is 0 Å². The number of ether oxygens (including phenoxy) is 1. The van der Waals surface area contributed by atoms with Gasteiger partial charge in [0.05, 0.1) is 0 Å². The molecule has 0 aromatic heterocycles. The molecule has 0 aromatic rings. The summed E-state index contributed by atoms with van der Waals surface area (Å²) >= 11 is 3.32. The Labute approximate surface area is 146 Å². The summed E-state index contributed by atoms with van der Waals surface area (Å²) in [7, 11) is 0. The van der Waals surface area contributed by atoms with Gasteiger partial charge in [0.15, 0.2) is 0 Å². The van der Waals surface area contributed by atoms with E-state index in [-0.39, 0.29) is 5.91 Å². The highest BCUT2D eigenvalue weighted by Gasteiger charge is 2.23. The first kappa shape index (κ1) is 21.7. The van der Waals surface area contributed by atoms with E-state index < -0.39 is 29.7 Å². The van der Waals surface area contributed by atoms with Crippen LogP contribution in [0.15, 0.2) is 0 Å². The van der Waals surface area contributed by atoms with Crippen molar-refractivity contribution in [2.45, 2.75) is 65.1 Å². The molecule has 7 nitrogen and oxygen atoms in total. The van der Waals surface area contributed by atoms with Gasteiger partial charge in [-0.05, 0) is 47.5 Å². The maximum Gasteiger partial charge on any atom is 0.408 e. The second kappa shape index (κ2) is 10.5. The Hall–Kier alpha value is -1.31.